The van der Waals surface area contributed by atoms with E-state index in [-0.39, 0.29) is 36.6 Å². The van der Waals surface area contributed by atoms with Crippen molar-refractivity contribution >= 4 is 69.0 Å². The molecule has 252 valence electrons. The molecule has 0 aliphatic carbocycles. The number of amides is 3. The second-order valence-corrected chi connectivity index (χ2v) is 12.4. The Bertz CT molecular complexity index is 1850. The summed E-state index contributed by atoms with van der Waals surface area (Å²) in [6, 6.07) is 10.7. The number of nitrogens with zero attached hydrogens (tertiary/aromatic N) is 4. The number of carbonyl (C=O) groups excluding carboxylic acids is 4. The van der Waals surface area contributed by atoms with E-state index in [0.717, 1.165) is 53.6 Å². The topological polar surface area (TPSA) is 153 Å². The number of methoxy groups -OCH3 is 2. The predicted molar refractivity (Wildman–Crippen MR) is 184 cm³/mol. The van der Waals surface area contributed by atoms with Crippen molar-refractivity contribution in [2.45, 2.75) is 45.1 Å². The number of imidazole rings is 1. The zero-order valence-corrected chi connectivity index (χ0v) is 28.1. The van der Waals surface area contributed by atoms with Gasteiger partial charge in [0.15, 0.2) is 17.3 Å². The van der Waals surface area contributed by atoms with E-state index in [9.17, 15) is 19.2 Å². The van der Waals surface area contributed by atoms with E-state index in [4.69, 9.17) is 14.2 Å². The minimum Gasteiger partial charge on any atom is -0.493 e. The highest BCUT2D eigenvalue weighted by molar-refractivity contribution is 7.20. The zero-order valence-electron chi connectivity index (χ0n) is 27.3. The summed E-state index contributed by atoms with van der Waals surface area (Å²) in [5, 5.41) is 6.35. The fraction of sp³-hybridized carbons (Fsp3) is 0.353. The van der Waals surface area contributed by atoms with E-state index >= 15 is 0 Å². The molecule has 2 aromatic carbocycles. The number of aliphatic imine (C=N–C) groups is 1. The third kappa shape index (κ3) is 8.18. The normalized spacial score (nSPS) is 14.6. The van der Waals surface area contributed by atoms with Crippen molar-refractivity contribution in [2.24, 2.45) is 12.0 Å². The zero-order chi connectivity index (χ0) is 34.2. The maximum atomic E-state index is 13.0. The van der Waals surface area contributed by atoms with Gasteiger partial charge in [0, 0.05) is 48.9 Å². The van der Waals surface area contributed by atoms with Gasteiger partial charge in [-0.15, -0.1) is 11.3 Å². The molecule has 0 spiro atoms. The van der Waals surface area contributed by atoms with Gasteiger partial charge in [0.1, 0.15) is 4.88 Å². The average Bonchev–Trinajstić information content (AvgIpc) is 3.68. The van der Waals surface area contributed by atoms with Gasteiger partial charge >= 0.3 is 5.97 Å². The number of likely N-dealkylation sites (tertiary alicyclic amines) is 1. The van der Waals surface area contributed by atoms with Crippen LogP contribution in [-0.4, -0.2) is 78.3 Å². The lowest BCUT2D eigenvalue weighted by Gasteiger charge is -2.29. The highest BCUT2D eigenvalue weighted by Gasteiger charge is 2.20. The van der Waals surface area contributed by atoms with E-state index in [1.165, 1.54) is 23.0 Å². The summed E-state index contributed by atoms with van der Waals surface area (Å²) in [5.74, 6) is 0.283. The van der Waals surface area contributed by atoms with Crippen LogP contribution in [0.4, 0.5) is 17.2 Å². The lowest BCUT2D eigenvalue weighted by Crippen LogP contribution is -2.39. The molecule has 5 rings (SSSR count). The van der Waals surface area contributed by atoms with Gasteiger partial charge < -0.3 is 34.3 Å². The van der Waals surface area contributed by atoms with Crippen LogP contribution in [0.25, 0.3) is 10.1 Å². The number of fused-ring (bicyclic) bond motifs is 1. The Balaban J connectivity index is 1.13. The van der Waals surface area contributed by atoms with Crippen molar-refractivity contribution < 1.29 is 33.4 Å². The second-order valence-electron chi connectivity index (χ2n) is 11.3. The van der Waals surface area contributed by atoms with Crippen LogP contribution in [0.5, 0.6) is 11.5 Å². The van der Waals surface area contributed by atoms with Crippen molar-refractivity contribution in [3.8, 4) is 11.5 Å². The number of rotatable bonds is 13. The molecular weight excluding hydrogens is 636 g/mol. The smallest absolute Gasteiger partial charge is 0.348 e. The second kappa shape index (κ2) is 15.6. The van der Waals surface area contributed by atoms with Gasteiger partial charge in [0.25, 0.3) is 5.91 Å². The molecule has 1 unspecified atom stereocenters. The highest BCUT2D eigenvalue weighted by Crippen LogP contribution is 2.35. The minimum atomic E-state index is -0.454. The predicted octanol–water partition coefficient (Wildman–Crippen LogP) is 5.50. The third-order valence-corrected chi connectivity index (χ3v) is 9.01. The fourth-order valence-corrected chi connectivity index (χ4v) is 6.33. The van der Waals surface area contributed by atoms with E-state index in [0.29, 0.717) is 28.5 Å². The molecule has 0 saturated carbocycles. The Morgan fingerprint density at radius 2 is 1.94 bits per heavy atom. The van der Waals surface area contributed by atoms with Crippen LogP contribution in [0.2, 0.25) is 0 Å². The Hall–Kier alpha value is -5.24. The molecule has 2 aromatic heterocycles. The molecule has 1 fully saturated rings. The van der Waals surface area contributed by atoms with Gasteiger partial charge in [-0.25, -0.2) is 9.78 Å². The molecular formula is C34H38N6O7S. The van der Waals surface area contributed by atoms with Crippen molar-refractivity contribution in [1.82, 2.24) is 14.5 Å². The molecule has 1 aliphatic rings. The number of aromatic nitrogens is 2. The number of thiophene rings is 1. The Kier molecular flexibility index (Phi) is 11.1. The summed E-state index contributed by atoms with van der Waals surface area (Å²) in [4.78, 5) is 60.1. The molecule has 3 heterocycles. The van der Waals surface area contributed by atoms with Crippen LogP contribution in [0.15, 0.2) is 47.6 Å². The number of nitrogens with one attached hydrogen (secondary N) is 2. The first kappa shape index (κ1) is 34.1. The van der Waals surface area contributed by atoms with Crippen LogP contribution < -0.4 is 20.1 Å². The van der Waals surface area contributed by atoms with Crippen LogP contribution in [0, 0.1) is 6.92 Å². The van der Waals surface area contributed by atoms with E-state index < -0.39 is 11.9 Å². The van der Waals surface area contributed by atoms with Gasteiger partial charge in [-0.1, -0.05) is 0 Å². The summed E-state index contributed by atoms with van der Waals surface area (Å²) >= 11 is 1.31. The summed E-state index contributed by atoms with van der Waals surface area (Å²) in [5.41, 5.74) is 2.16. The number of ether oxygens (including phenoxy) is 3. The van der Waals surface area contributed by atoms with Gasteiger partial charge in [-0.05, 0) is 73.9 Å². The Labute approximate surface area is 281 Å². The summed E-state index contributed by atoms with van der Waals surface area (Å²) < 4.78 is 18.7. The number of esters is 1. The van der Waals surface area contributed by atoms with Crippen LogP contribution in [0.1, 0.15) is 58.0 Å². The van der Waals surface area contributed by atoms with Crippen molar-refractivity contribution in [1.29, 1.82) is 0 Å². The van der Waals surface area contributed by atoms with Crippen molar-refractivity contribution in [3.05, 3.63) is 58.9 Å². The third-order valence-electron chi connectivity index (χ3n) is 7.91. The maximum Gasteiger partial charge on any atom is 0.348 e. The molecule has 1 aliphatic heterocycles. The molecule has 2 N–H and O–H groups in total. The lowest BCUT2D eigenvalue weighted by atomic mass is 10.0. The standard InChI is InChI=1S/C34H38N6O7S/c1-21-14-26(45-3)27(17-25(21)35-18-24-8-5-6-12-40(24)20-41)47-13-7-9-31(42)37-30-19-39(2)32(38-30)33(43)36-23-10-11-28-22(15-23)16-29(48-28)34(44)46-4/h10-11,14-20,24H,5-9,12-13H2,1-4H3,(H,36,43)(H,37,42)/b35-18-. The minimum absolute atomic E-state index is 0.0317. The first-order valence-electron chi connectivity index (χ1n) is 15.5. The number of benzene rings is 2. The molecule has 14 heteroatoms. The van der Waals surface area contributed by atoms with E-state index in [1.54, 1.807) is 49.5 Å². The van der Waals surface area contributed by atoms with Gasteiger partial charge in [-0.2, -0.15) is 0 Å². The van der Waals surface area contributed by atoms with Crippen LogP contribution in [0.3, 0.4) is 0 Å². The lowest BCUT2D eigenvalue weighted by molar-refractivity contribution is -0.120. The average molecular weight is 675 g/mol. The van der Waals surface area contributed by atoms with Crippen LogP contribution >= 0.6 is 11.3 Å². The number of carbonyl (C=O) groups is 4. The molecule has 1 saturated heterocycles. The molecule has 1 atom stereocenters. The summed E-state index contributed by atoms with van der Waals surface area (Å²) in [6.45, 7) is 2.92. The van der Waals surface area contributed by atoms with Gasteiger partial charge in [-0.3, -0.25) is 19.4 Å². The monoisotopic (exact) mass is 674 g/mol. The summed E-state index contributed by atoms with van der Waals surface area (Å²) in [7, 11) is 4.56. The maximum absolute atomic E-state index is 13.0. The molecule has 3 amide bonds. The number of aryl methyl sites for hydroxylation is 2. The molecule has 0 bridgehead atoms. The quantitative estimate of drug-likeness (QED) is 0.0816. The molecule has 0 radical (unpaired) electrons. The SMILES string of the molecule is COC(=O)c1cc2cc(NC(=O)c3nc(NC(=O)CCCOc4cc(/N=C\C5CCCCN5C=O)c(C)cc4OC)cn3C)ccc2s1. The Morgan fingerprint density at radius 3 is 2.71 bits per heavy atom. The van der Waals surface area contributed by atoms with Gasteiger partial charge in [0.05, 0.1) is 32.6 Å². The van der Waals surface area contributed by atoms with Crippen molar-refractivity contribution in [2.75, 3.05) is 38.0 Å². The summed E-state index contributed by atoms with van der Waals surface area (Å²) in [6.07, 6.45) is 7.77. The van der Waals surface area contributed by atoms with Crippen LogP contribution in [-0.2, 0) is 21.4 Å². The fourth-order valence-electron chi connectivity index (χ4n) is 5.37. The first-order chi connectivity index (χ1) is 23.2. The molecule has 4 aromatic rings. The number of hydrogen-bond acceptors (Lipinski definition) is 10. The van der Waals surface area contributed by atoms with Crippen molar-refractivity contribution in [3.63, 3.8) is 0 Å². The number of hydrogen-bond donors (Lipinski definition) is 2. The Morgan fingerprint density at radius 1 is 1.10 bits per heavy atom. The van der Waals surface area contributed by atoms with E-state index in [1.807, 2.05) is 25.3 Å². The van der Waals surface area contributed by atoms with E-state index in [2.05, 4.69) is 20.6 Å². The highest BCUT2D eigenvalue weighted by atomic mass is 32.1. The number of anilines is 2. The largest absolute Gasteiger partial charge is 0.493 e. The molecule has 13 nitrogen and oxygen atoms in total. The van der Waals surface area contributed by atoms with Gasteiger partial charge in [0.2, 0.25) is 18.1 Å². The number of piperidine rings is 1. The molecule has 48 heavy (non-hydrogen) atoms. The first-order valence-corrected chi connectivity index (χ1v) is 16.3.